The lowest BCUT2D eigenvalue weighted by atomic mass is 10.0. The number of rotatable bonds is 15. The maximum absolute atomic E-state index is 13.8. The summed E-state index contributed by atoms with van der Waals surface area (Å²) in [6.45, 7) is 0.276. The van der Waals surface area contributed by atoms with E-state index < -0.39 is 66.4 Å². The molecule has 0 saturated carbocycles. The number of aliphatic carboxylic acids is 2. The van der Waals surface area contributed by atoms with Crippen molar-refractivity contribution in [2.45, 2.75) is 44.7 Å². The first-order valence-electron chi connectivity index (χ1n) is 12.2. The van der Waals surface area contributed by atoms with Gasteiger partial charge in [-0.15, -0.1) is 0 Å². The van der Waals surface area contributed by atoms with Crippen molar-refractivity contribution in [1.29, 1.82) is 0 Å². The lowest BCUT2D eigenvalue weighted by Crippen LogP contribution is -2.61. The summed E-state index contributed by atoms with van der Waals surface area (Å²) in [6, 6.07) is 4.41. The molecule has 1 amide bonds. The number of carboxylic acids is 2. The van der Waals surface area contributed by atoms with Crippen LogP contribution in [0, 0.1) is 0 Å². The molecule has 2 atom stereocenters. The molecule has 17 heteroatoms. The minimum Gasteiger partial charge on any atom is -0.492 e. The van der Waals surface area contributed by atoms with Crippen LogP contribution in [0.15, 0.2) is 40.1 Å². The zero-order valence-electron chi connectivity index (χ0n) is 22.0. The standard InChI is InChI=1S/C24H31N7O10/c1-13(32)41-19(35)12-28-16(11-18(33)34)21(37)30(17(22(38)39)10-14-6-3-2-4-7-14)31-20(36)15(29-24(31)40)8-5-9-27-23(25)26/h2-4,6-7,16-17,28,36H,5,8-12H2,1H3,(H,29,40)(H,33,34)(H,38,39)(H4,25,26,27)/t16-,17-/m0/s1. The Balaban J connectivity index is 2.58. The number of carbonyl (C=O) groups excluding carboxylic acids is 3. The lowest BCUT2D eigenvalue weighted by Gasteiger charge is -2.32. The van der Waals surface area contributed by atoms with Crippen LogP contribution in [0.25, 0.3) is 0 Å². The highest BCUT2D eigenvalue weighted by Gasteiger charge is 2.39. The summed E-state index contributed by atoms with van der Waals surface area (Å²) in [4.78, 5) is 79.9. The van der Waals surface area contributed by atoms with E-state index in [0.717, 1.165) is 6.92 Å². The Hall–Kier alpha value is -5.19. The molecule has 0 spiro atoms. The van der Waals surface area contributed by atoms with Gasteiger partial charge in [-0.2, -0.15) is 4.68 Å². The van der Waals surface area contributed by atoms with Gasteiger partial charge in [0.2, 0.25) is 5.88 Å². The highest BCUT2D eigenvalue weighted by Crippen LogP contribution is 2.19. The normalized spacial score (nSPS) is 12.1. The number of carboxylic acid groups (broad SMARTS) is 2. The van der Waals surface area contributed by atoms with Crippen molar-refractivity contribution in [3.05, 3.63) is 52.1 Å². The van der Waals surface area contributed by atoms with E-state index in [1.54, 1.807) is 30.3 Å². The van der Waals surface area contributed by atoms with E-state index in [1.807, 2.05) is 0 Å². The summed E-state index contributed by atoms with van der Waals surface area (Å²) >= 11 is 0. The van der Waals surface area contributed by atoms with E-state index in [0.29, 0.717) is 15.2 Å². The maximum Gasteiger partial charge on any atom is 0.348 e. The van der Waals surface area contributed by atoms with E-state index in [2.05, 4.69) is 20.0 Å². The van der Waals surface area contributed by atoms with Gasteiger partial charge in [-0.25, -0.2) is 14.6 Å². The summed E-state index contributed by atoms with van der Waals surface area (Å²) < 4.78 is 4.76. The molecule has 17 nitrogen and oxygen atoms in total. The molecule has 0 radical (unpaired) electrons. The second-order valence-corrected chi connectivity index (χ2v) is 8.68. The maximum atomic E-state index is 13.8. The average molecular weight is 578 g/mol. The van der Waals surface area contributed by atoms with Gasteiger partial charge in [0.25, 0.3) is 5.91 Å². The van der Waals surface area contributed by atoms with Gasteiger partial charge in [0.15, 0.2) is 12.0 Å². The van der Waals surface area contributed by atoms with Crippen LogP contribution in [0.4, 0.5) is 0 Å². The summed E-state index contributed by atoms with van der Waals surface area (Å²) in [6.07, 6.45) is -1.07. The number of hydrogen-bond donors (Lipinski definition) is 7. The van der Waals surface area contributed by atoms with Gasteiger partial charge in [-0.05, 0) is 18.4 Å². The van der Waals surface area contributed by atoms with Crippen LogP contribution in [-0.2, 0) is 41.6 Å². The number of aromatic hydroxyl groups is 1. The topological polar surface area (TPSA) is 273 Å². The number of hydrogen-bond acceptors (Lipinski definition) is 10. The molecular formula is C24H31N7O10. The molecule has 0 aliphatic rings. The smallest absolute Gasteiger partial charge is 0.348 e. The number of aromatic amines is 1. The number of imidazole rings is 1. The van der Waals surface area contributed by atoms with Crippen LogP contribution in [0.3, 0.4) is 0 Å². The van der Waals surface area contributed by atoms with Crippen molar-refractivity contribution < 1.29 is 44.0 Å². The second kappa shape index (κ2) is 14.8. The number of esters is 2. The Morgan fingerprint density at radius 2 is 1.80 bits per heavy atom. The molecule has 2 aromatic rings. The third-order valence-corrected chi connectivity index (χ3v) is 5.52. The first kappa shape index (κ1) is 32.0. The van der Waals surface area contributed by atoms with Gasteiger partial charge >= 0.3 is 29.6 Å². The van der Waals surface area contributed by atoms with E-state index in [-0.39, 0.29) is 37.5 Å². The second-order valence-electron chi connectivity index (χ2n) is 8.68. The highest BCUT2D eigenvalue weighted by molar-refractivity contribution is 5.98. The number of amides is 1. The molecular weight excluding hydrogens is 546 g/mol. The minimum absolute atomic E-state index is 0.0109. The lowest BCUT2D eigenvalue weighted by molar-refractivity contribution is -0.157. The van der Waals surface area contributed by atoms with Gasteiger partial charge < -0.3 is 36.5 Å². The molecule has 9 N–H and O–H groups in total. The van der Waals surface area contributed by atoms with Crippen molar-refractivity contribution >= 4 is 35.7 Å². The molecule has 1 aromatic carbocycles. The molecule has 0 aliphatic heterocycles. The summed E-state index contributed by atoms with van der Waals surface area (Å²) in [7, 11) is 0. The van der Waals surface area contributed by atoms with Gasteiger partial charge in [0.1, 0.15) is 0 Å². The quantitative estimate of drug-likeness (QED) is 0.0389. The largest absolute Gasteiger partial charge is 0.492 e. The third-order valence-electron chi connectivity index (χ3n) is 5.52. The van der Waals surface area contributed by atoms with E-state index >= 15 is 0 Å². The number of guanidine groups is 1. The Labute approximate surface area is 232 Å². The summed E-state index contributed by atoms with van der Waals surface area (Å²) in [5.41, 5.74) is 9.82. The fourth-order valence-electron chi connectivity index (χ4n) is 3.79. The zero-order chi connectivity index (χ0) is 30.7. The molecule has 0 bridgehead atoms. The number of aromatic nitrogens is 2. The number of H-pyrrole nitrogens is 1. The molecule has 0 unspecified atom stereocenters. The Kier molecular flexibility index (Phi) is 11.6. The van der Waals surface area contributed by atoms with Crippen LogP contribution >= 0.6 is 0 Å². The number of ether oxygens (including phenoxy) is 1. The number of carbonyl (C=O) groups is 5. The number of nitrogens with two attached hydrogens (primary N) is 2. The fraction of sp³-hybridized carbons (Fsp3) is 0.375. The van der Waals surface area contributed by atoms with E-state index in [1.165, 1.54) is 0 Å². The van der Waals surface area contributed by atoms with Gasteiger partial charge in [-0.3, -0.25) is 29.5 Å². The number of aryl methyl sites for hydroxylation is 1. The van der Waals surface area contributed by atoms with Crippen LogP contribution in [0.2, 0.25) is 0 Å². The molecule has 1 heterocycles. The first-order valence-corrected chi connectivity index (χ1v) is 12.2. The summed E-state index contributed by atoms with van der Waals surface area (Å²) in [5.74, 6) is -7.47. The van der Waals surface area contributed by atoms with Crippen LogP contribution in [-0.4, -0.2) is 85.9 Å². The number of aliphatic imine (C=N–C) groups is 1. The fourth-order valence-corrected chi connectivity index (χ4v) is 3.79. The third kappa shape index (κ3) is 9.50. The van der Waals surface area contributed by atoms with Crippen molar-refractivity contribution in [2.24, 2.45) is 16.5 Å². The zero-order valence-corrected chi connectivity index (χ0v) is 22.0. The Morgan fingerprint density at radius 3 is 2.37 bits per heavy atom. The minimum atomic E-state index is -1.83. The van der Waals surface area contributed by atoms with Crippen molar-refractivity contribution in [3.8, 4) is 5.88 Å². The van der Waals surface area contributed by atoms with Crippen LogP contribution < -0.4 is 27.5 Å². The molecule has 0 saturated heterocycles. The number of benzene rings is 1. The first-order chi connectivity index (χ1) is 19.3. The van der Waals surface area contributed by atoms with Gasteiger partial charge in [0, 0.05) is 19.9 Å². The average Bonchev–Trinajstić information content (AvgIpc) is 3.16. The predicted molar refractivity (Wildman–Crippen MR) is 141 cm³/mol. The Bertz CT molecular complexity index is 1350. The van der Waals surface area contributed by atoms with Crippen molar-refractivity contribution in [1.82, 2.24) is 15.0 Å². The molecule has 2 rings (SSSR count). The Morgan fingerprint density at radius 1 is 1.15 bits per heavy atom. The van der Waals surface area contributed by atoms with Crippen molar-refractivity contribution in [2.75, 3.05) is 18.1 Å². The van der Waals surface area contributed by atoms with E-state index in [9.17, 15) is 44.1 Å². The SMILES string of the molecule is CC(=O)OC(=O)CN[C@@H](CC(=O)O)C(=O)N([C@@H](Cc1ccccc1)C(=O)O)n1c(O)c(CCCN=C(N)N)[nH]c1=O. The molecule has 222 valence electrons. The highest BCUT2D eigenvalue weighted by atomic mass is 16.6. The molecule has 1 aromatic heterocycles. The number of nitrogens with one attached hydrogen (secondary N) is 2. The molecule has 41 heavy (non-hydrogen) atoms. The predicted octanol–water partition coefficient (Wildman–Crippen LogP) is -2.23. The van der Waals surface area contributed by atoms with Gasteiger partial charge in [0.05, 0.1) is 24.7 Å². The van der Waals surface area contributed by atoms with Crippen LogP contribution in [0.1, 0.15) is 31.0 Å². The monoisotopic (exact) mass is 577 g/mol. The molecule has 0 fully saturated rings. The van der Waals surface area contributed by atoms with E-state index in [4.69, 9.17) is 11.5 Å². The van der Waals surface area contributed by atoms with Gasteiger partial charge in [-0.1, -0.05) is 30.3 Å². The molecule has 0 aliphatic carbocycles. The van der Waals surface area contributed by atoms with Crippen molar-refractivity contribution in [3.63, 3.8) is 0 Å². The summed E-state index contributed by atoms with van der Waals surface area (Å²) in [5, 5.41) is 33.2. The number of nitrogens with zero attached hydrogens (tertiary/aromatic N) is 3. The van der Waals surface area contributed by atoms with Crippen LogP contribution in [0.5, 0.6) is 5.88 Å².